The first kappa shape index (κ1) is 18.7. The summed E-state index contributed by atoms with van der Waals surface area (Å²) in [7, 11) is 5.54. The van der Waals surface area contributed by atoms with Gasteiger partial charge in [0.05, 0.1) is 6.54 Å². The monoisotopic (exact) mass is 365 g/mol. The number of aromatic nitrogens is 3. The zero-order valence-corrected chi connectivity index (χ0v) is 16.0. The molecule has 3 aromatic rings. The Morgan fingerprint density at radius 2 is 1.81 bits per heavy atom. The number of pyridine rings is 1. The summed E-state index contributed by atoms with van der Waals surface area (Å²) in [6.07, 6.45) is 3.34. The molecule has 1 atom stereocenters. The molecule has 1 aromatic carbocycles. The van der Waals surface area contributed by atoms with Gasteiger partial charge in [0.1, 0.15) is 6.04 Å². The van der Waals surface area contributed by atoms with Gasteiger partial charge in [-0.3, -0.25) is 14.7 Å². The predicted molar refractivity (Wildman–Crippen MR) is 102 cm³/mol. The number of aryl methyl sites for hydroxylation is 1. The van der Waals surface area contributed by atoms with Crippen molar-refractivity contribution in [3.05, 3.63) is 65.8 Å². The molecule has 0 radical (unpaired) electrons. The van der Waals surface area contributed by atoms with E-state index in [1.165, 1.54) is 0 Å². The Balaban J connectivity index is 1.77. The second-order valence-corrected chi connectivity index (χ2v) is 6.66. The van der Waals surface area contributed by atoms with Gasteiger partial charge in [-0.05, 0) is 44.3 Å². The van der Waals surface area contributed by atoms with Crippen molar-refractivity contribution in [2.24, 2.45) is 0 Å². The largest absolute Gasteiger partial charge is 0.337 e. The van der Waals surface area contributed by atoms with Crippen LogP contribution in [0, 0.1) is 6.92 Å². The third-order valence-corrected chi connectivity index (χ3v) is 4.39. The summed E-state index contributed by atoms with van der Waals surface area (Å²) in [5, 5.41) is 3.99. The van der Waals surface area contributed by atoms with Crippen molar-refractivity contribution >= 4 is 5.91 Å². The average Bonchev–Trinajstić information content (AvgIpc) is 3.12. The van der Waals surface area contributed by atoms with Gasteiger partial charge < -0.3 is 9.42 Å². The van der Waals surface area contributed by atoms with Gasteiger partial charge in [0.2, 0.25) is 17.6 Å². The number of rotatable bonds is 6. The molecular weight excluding hydrogens is 342 g/mol. The maximum Gasteiger partial charge on any atom is 0.246 e. The standard InChI is InChI=1S/C20H23N5O2/c1-14-7-5-6-8-16(14)18(24(2)3)20(26)25(4)13-17-22-19(23-27-17)15-9-11-21-12-10-15/h5-12,18H,13H2,1-4H3/t18-/m0/s1. The van der Waals surface area contributed by atoms with Crippen LogP contribution in [0.15, 0.2) is 53.3 Å². The van der Waals surface area contributed by atoms with Crippen LogP contribution in [0.4, 0.5) is 0 Å². The summed E-state index contributed by atoms with van der Waals surface area (Å²) in [6.45, 7) is 2.26. The lowest BCUT2D eigenvalue weighted by Gasteiger charge is -2.29. The van der Waals surface area contributed by atoms with Gasteiger partial charge in [-0.1, -0.05) is 29.4 Å². The van der Waals surface area contributed by atoms with Gasteiger partial charge in [0.25, 0.3) is 0 Å². The maximum atomic E-state index is 13.1. The van der Waals surface area contributed by atoms with Crippen LogP contribution in [0.3, 0.4) is 0 Å². The van der Waals surface area contributed by atoms with Crippen molar-refractivity contribution in [1.82, 2.24) is 24.9 Å². The molecule has 0 spiro atoms. The molecular formula is C20H23N5O2. The SMILES string of the molecule is Cc1ccccc1[C@@H](C(=O)N(C)Cc1nc(-c2ccncc2)no1)N(C)C. The van der Waals surface area contributed by atoms with Crippen molar-refractivity contribution in [3.8, 4) is 11.4 Å². The lowest BCUT2D eigenvalue weighted by Crippen LogP contribution is -2.38. The first-order valence-electron chi connectivity index (χ1n) is 8.67. The Morgan fingerprint density at radius 3 is 2.48 bits per heavy atom. The molecule has 0 bridgehead atoms. The molecule has 0 fully saturated rings. The average molecular weight is 365 g/mol. The first-order chi connectivity index (χ1) is 13.0. The summed E-state index contributed by atoms with van der Waals surface area (Å²) in [5.41, 5.74) is 2.89. The van der Waals surface area contributed by atoms with Crippen molar-refractivity contribution in [1.29, 1.82) is 0 Å². The number of carbonyl (C=O) groups excluding carboxylic acids is 1. The summed E-state index contributed by atoms with van der Waals surface area (Å²) in [5.74, 6) is 0.842. The number of carbonyl (C=O) groups is 1. The van der Waals surface area contributed by atoms with E-state index in [9.17, 15) is 4.79 Å². The number of amides is 1. The molecule has 2 aromatic heterocycles. The fourth-order valence-electron chi connectivity index (χ4n) is 2.95. The van der Waals surface area contributed by atoms with Gasteiger partial charge in [-0.2, -0.15) is 4.98 Å². The molecule has 7 nitrogen and oxygen atoms in total. The quantitative estimate of drug-likeness (QED) is 0.669. The van der Waals surface area contributed by atoms with Crippen molar-refractivity contribution < 1.29 is 9.32 Å². The van der Waals surface area contributed by atoms with E-state index >= 15 is 0 Å². The third kappa shape index (κ3) is 4.20. The zero-order valence-electron chi connectivity index (χ0n) is 16.0. The van der Waals surface area contributed by atoms with Gasteiger partial charge in [0, 0.05) is 25.0 Å². The van der Waals surface area contributed by atoms with E-state index in [0.29, 0.717) is 11.7 Å². The Morgan fingerprint density at radius 1 is 1.11 bits per heavy atom. The lowest BCUT2D eigenvalue weighted by atomic mass is 9.99. The normalized spacial score (nSPS) is 12.2. The van der Waals surface area contributed by atoms with Gasteiger partial charge in [-0.25, -0.2) is 0 Å². The Bertz CT molecular complexity index is 908. The van der Waals surface area contributed by atoms with E-state index in [0.717, 1.165) is 16.7 Å². The molecule has 140 valence electrons. The second-order valence-electron chi connectivity index (χ2n) is 6.66. The number of benzene rings is 1. The van der Waals surface area contributed by atoms with Crippen LogP contribution < -0.4 is 0 Å². The highest BCUT2D eigenvalue weighted by atomic mass is 16.5. The molecule has 0 aliphatic rings. The fourth-order valence-corrected chi connectivity index (χ4v) is 2.95. The molecule has 3 rings (SSSR count). The number of hydrogen-bond donors (Lipinski definition) is 0. The molecule has 1 amide bonds. The van der Waals surface area contributed by atoms with E-state index in [-0.39, 0.29) is 18.5 Å². The van der Waals surface area contributed by atoms with E-state index in [2.05, 4.69) is 15.1 Å². The highest BCUT2D eigenvalue weighted by Gasteiger charge is 2.28. The molecule has 0 N–H and O–H groups in total. The van der Waals surface area contributed by atoms with Crippen LogP contribution in [-0.2, 0) is 11.3 Å². The van der Waals surface area contributed by atoms with Crippen molar-refractivity contribution in [2.45, 2.75) is 19.5 Å². The molecule has 2 heterocycles. The van der Waals surface area contributed by atoms with E-state index in [1.807, 2.05) is 62.3 Å². The number of nitrogens with zero attached hydrogens (tertiary/aromatic N) is 5. The lowest BCUT2D eigenvalue weighted by molar-refractivity contribution is -0.135. The fraction of sp³-hybridized carbons (Fsp3) is 0.300. The minimum atomic E-state index is -0.376. The van der Waals surface area contributed by atoms with Crippen LogP contribution in [0.25, 0.3) is 11.4 Å². The first-order valence-corrected chi connectivity index (χ1v) is 8.67. The highest BCUT2D eigenvalue weighted by molar-refractivity contribution is 5.83. The summed E-state index contributed by atoms with van der Waals surface area (Å²) < 4.78 is 5.32. The number of hydrogen-bond acceptors (Lipinski definition) is 6. The Hall–Kier alpha value is -3.06. The van der Waals surface area contributed by atoms with Crippen LogP contribution in [0.2, 0.25) is 0 Å². The van der Waals surface area contributed by atoms with Crippen molar-refractivity contribution in [2.75, 3.05) is 21.1 Å². The zero-order chi connectivity index (χ0) is 19.4. The van der Waals surface area contributed by atoms with E-state index in [1.54, 1.807) is 24.3 Å². The number of likely N-dealkylation sites (N-methyl/N-ethyl adjacent to an activating group) is 2. The van der Waals surface area contributed by atoms with Crippen LogP contribution in [-0.4, -0.2) is 52.0 Å². The smallest absolute Gasteiger partial charge is 0.246 e. The molecule has 27 heavy (non-hydrogen) atoms. The van der Waals surface area contributed by atoms with Crippen LogP contribution in [0.5, 0.6) is 0 Å². The Kier molecular flexibility index (Phi) is 5.61. The highest BCUT2D eigenvalue weighted by Crippen LogP contribution is 2.24. The molecule has 0 saturated heterocycles. The van der Waals surface area contributed by atoms with E-state index < -0.39 is 0 Å². The minimum Gasteiger partial charge on any atom is -0.337 e. The van der Waals surface area contributed by atoms with Crippen LogP contribution >= 0.6 is 0 Å². The van der Waals surface area contributed by atoms with Gasteiger partial charge in [-0.15, -0.1) is 0 Å². The van der Waals surface area contributed by atoms with Crippen molar-refractivity contribution in [3.63, 3.8) is 0 Å². The molecule has 7 heteroatoms. The summed E-state index contributed by atoms with van der Waals surface area (Å²) in [4.78, 5) is 25.0. The summed E-state index contributed by atoms with van der Waals surface area (Å²) in [6, 6.07) is 11.2. The molecule has 0 unspecified atom stereocenters. The second kappa shape index (κ2) is 8.09. The van der Waals surface area contributed by atoms with Crippen LogP contribution in [0.1, 0.15) is 23.1 Å². The minimum absolute atomic E-state index is 0.0297. The van der Waals surface area contributed by atoms with Gasteiger partial charge in [0.15, 0.2) is 0 Å². The molecule has 0 aliphatic heterocycles. The topological polar surface area (TPSA) is 75.4 Å². The predicted octanol–water partition coefficient (Wildman–Crippen LogP) is 2.70. The molecule has 0 aliphatic carbocycles. The van der Waals surface area contributed by atoms with E-state index in [4.69, 9.17) is 4.52 Å². The molecule has 0 saturated carbocycles. The maximum absolute atomic E-state index is 13.1. The van der Waals surface area contributed by atoms with Gasteiger partial charge >= 0.3 is 0 Å². The summed E-state index contributed by atoms with van der Waals surface area (Å²) >= 11 is 0. The Labute approximate surface area is 158 Å². The third-order valence-electron chi connectivity index (χ3n) is 4.39.